The van der Waals surface area contributed by atoms with Gasteiger partial charge in [0.25, 0.3) is 0 Å². The van der Waals surface area contributed by atoms with Crippen molar-refractivity contribution >= 4 is 11.6 Å². The lowest BCUT2D eigenvalue weighted by molar-refractivity contribution is -0.274. The summed E-state index contributed by atoms with van der Waals surface area (Å²) in [6.07, 6.45) is -4.80. The molecule has 0 aliphatic heterocycles. The molecule has 1 aromatic rings. The van der Waals surface area contributed by atoms with Crippen molar-refractivity contribution in [2.24, 2.45) is 0 Å². The third kappa shape index (κ3) is 3.02. The van der Waals surface area contributed by atoms with Crippen molar-refractivity contribution < 1.29 is 23.0 Å². The zero-order chi connectivity index (χ0) is 10.1. The molecule has 0 bridgehead atoms. The number of ether oxygens (including phenoxy) is 1. The highest BCUT2D eigenvalue weighted by Gasteiger charge is 2.32. The number of hydrogen-bond acceptors (Lipinski definition) is 1. The second-order valence-corrected chi connectivity index (χ2v) is 2.55. The number of alkyl halides is 3. The Morgan fingerprint density at radius 1 is 1.31 bits per heavy atom. The smallest absolute Gasteiger partial charge is 0.404 e. The summed E-state index contributed by atoms with van der Waals surface area (Å²) in [5, 5.41) is 10.2. The number of rotatable bonds is 1. The van der Waals surface area contributed by atoms with E-state index in [0.717, 1.165) is 18.2 Å². The fraction of sp³-hybridized carbons (Fsp3) is 0.143. The van der Waals surface area contributed by atoms with Gasteiger partial charge in [-0.15, -0.1) is 13.2 Å². The minimum absolute atomic E-state index is 0.357. The van der Waals surface area contributed by atoms with Crippen LogP contribution in [0.5, 0.6) is 11.5 Å². The zero-order valence-corrected chi connectivity index (χ0v) is 6.82. The normalized spacial score (nSPS) is 11.4. The van der Waals surface area contributed by atoms with Crippen molar-refractivity contribution in [3.63, 3.8) is 0 Å². The molecule has 0 aromatic heterocycles. The first-order chi connectivity index (χ1) is 5.88. The van der Waals surface area contributed by atoms with Crippen LogP contribution in [0, 0.1) is 0 Å². The van der Waals surface area contributed by atoms with Crippen LogP contribution in [0.15, 0.2) is 18.2 Å². The predicted molar refractivity (Wildman–Crippen MR) is 38.3 cm³/mol. The summed E-state index contributed by atoms with van der Waals surface area (Å²) < 4.78 is 38.5. The minimum atomic E-state index is -4.80. The zero-order valence-electron chi connectivity index (χ0n) is 6.06. The Bertz CT molecular complexity index is 311. The van der Waals surface area contributed by atoms with Gasteiger partial charge < -0.3 is 4.74 Å². The first kappa shape index (κ1) is 9.98. The molecule has 0 heterocycles. The van der Waals surface area contributed by atoms with Crippen molar-refractivity contribution in [2.75, 3.05) is 0 Å². The van der Waals surface area contributed by atoms with Gasteiger partial charge in [0.2, 0.25) is 0 Å². The van der Waals surface area contributed by atoms with Crippen molar-refractivity contribution in [2.45, 2.75) is 6.36 Å². The van der Waals surface area contributed by atoms with Gasteiger partial charge in [0.05, 0.1) is 5.02 Å². The average Bonchev–Trinajstić information content (AvgIpc) is 1.93. The van der Waals surface area contributed by atoms with Crippen LogP contribution in [0.2, 0.25) is 5.02 Å². The first-order valence-corrected chi connectivity index (χ1v) is 3.48. The van der Waals surface area contributed by atoms with Crippen molar-refractivity contribution in [1.82, 2.24) is 0 Å². The largest absolute Gasteiger partial charge is 0.573 e. The minimum Gasteiger partial charge on any atom is -0.404 e. The molecular weight excluding hydrogens is 209 g/mol. The van der Waals surface area contributed by atoms with Crippen LogP contribution >= 0.6 is 11.6 Å². The highest BCUT2D eigenvalue weighted by molar-refractivity contribution is 6.32. The van der Waals surface area contributed by atoms with Crippen LogP contribution in [0.1, 0.15) is 0 Å². The van der Waals surface area contributed by atoms with Crippen LogP contribution in [0.3, 0.4) is 0 Å². The fourth-order valence-electron chi connectivity index (χ4n) is 0.689. The number of benzene rings is 1. The highest BCUT2D eigenvalue weighted by Crippen LogP contribution is 2.32. The third-order valence-corrected chi connectivity index (χ3v) is 1.42. The van der Waals surface area contributed by atoms with Crippen molar-refractivity contribution in [3.05, 3.63) is 23.2 Å². The van der Waals surface area contributed by atoms with E-state index >= 15 is 0 Å². The van der Waals surface area contributed by atoms with Gasteiger partial charge in [-0.1, -0.05) is 11.6 Å². The van der Waals surface area contributed by atoms with Gasteiger partial charge in [-0.2, -0.15) is 0 Å². The molecule has 0 unspecified atom stereocenters. The van der Waals surface area contributed by atoms with Gasteiger partial charge in [0, 0.05) is 6.07 Å². The lowest BCUT2D eigenvalue weighted by Gasteiger charge is -2.09. The summed E-state index contributed by atoms with van der Waals surface area (Å²) in [7, 11) is 0. The van der Waals surface area contributed by atoms with E-state index in [1.165, 1.54) is 0 Å². The van der Waals surface area contributed by atoms with E-state index in [1.54, 1.807) is 0 Å². The second kappa shape index (κ2) is 3.33. The van der Waals surface area contributed by atoms with Gasteiger partial charge in [-0.3, -0.25) is 5.11 Å². The SMILES string of the molecule is [O]c1ccc(OC(F)(F)F)c(Cl)c1. The van der Waals surface area contributed by atoms with E-state index in [-0.39, 0.29) is 5.02 Å². The maximum atomic E-state index is 11.7. The lowest BCUT2D eigenvalue weighted by Crippen LogP contribution is -2.17. The van der Waals surface area contributed by atoms with E-state index < -0.39 is 17.9 Å². The molecule has 0 atom stereocenters. The Kier molecular flexibility index (Phi) is 2.56. The van der Waals surface area contributed by atoms with E-state index in [9.17, 15) is 18.3 Å². The summed E-state index contributed by atoms with van der Waals surface area (Å²) in [4.78, 5) is 0. The second-order valence-electron chi connectivity index (χ2n) is 2.14. The molecule has 1 radical (unpaired) electrons. The first-order valence-electron chi connectivity index (χ1n) is 3.11. The number of hydrogen-bond donors (Lipinski definition) is 0. The standard InChI is InChI=1S/C7H3ClF3O2/c8-5-3-4(12)1-2-6(5)13-7(9,10)11/h1-3H. The maximum Gasteiger partial charge on any atom is 0.573 e. The molecule has 1 rings (SSSR count). The van der Waals surface area contributed by atoms with Crippen molar-refractivity contribution in [1.29, 1.82) is 0 Å². The molecule has 13 heavy (non-hydrogen) atoms. The fourth-order valence-corrected chi connectivity index (χ4v) is 0.898. The molecule has 0 spiro atoms. The quantitative estimate of drug-likeness (QED) is 0.700. The van der Waals surface area contributed by atoms with Gasteiger partial charge in [0.15, 0.2) is 5.75 Å². The van der Waals surface area contributed by atoms with E-state index in [0.29, 0.717) is 0 Å². The molecule has 0 aliphatic rings. The average molecular weight is 212 g/mol. The lowest BCUT2D eigenvalue weighted by atomic mass is 10.3. The monoisotopic (exact) mass is 211 g/mol. The molecule has 0 N–H and O–H groups in total. The molecule has 2 nitrogen and oxygen atoms in total. The van der Waals surface area contributed by atoms with E-state index in [1.807, 2.05) is 0 Å². The molecule has 6 heteroatoms. The summed E-state index contributed by atoms with van der Waals surface area (Å²) in [5.41, 5.74) is 0. The van der Waals surface area contributed by atoms with Crippen LogP contribution in [0.25, 0.3) is 0 Å². The molecule has 0 amide bonds. The molecule has 0 saturated heterocycles. The van der Waals surface area contributed by atoms with Crippen LogP contribution < -0.4 is 4.74 Å². The van der Waals surface area contributed by atoms with Crippen LogP contribution in [-0.4, -0.2) is 6.36 Å². The van der Waals surface area contributed by atoms with E-state index in [4.69, 9.17) is 11.6 Å². The molecule has 1 aromatic carbocycles. The Balaban J connectivity index is 2.90. The highest BCUT2D eigenvalue weighted by atomic mass is 35.5. The predicted octanol–water partition coefficient (Wildman–Crippen LogP) is 3.38. The molecular formula is C7H3ClF3O2. The maximum absolute atomic E-state index is 11.7. The molecule has 0 saturated carbocycles. The summed E-state index contributed by atoms with van der Waals surface area (Å²) in [5.74, 6) is -1.05. The van der Waals surface area contributed by atoms with Gasteiger partial charge >= 0.3 is 6.36 Å². The van der Waals surface area contributed by atoms with Gasteiger partial charge in [0.1, 0.15) is 5.75 Å². The Morgan fingerprint density at radius 2 is 1.92 bits per heavy atom. The van der Waals surface area contributed by atoms with E-state index in [2.05, 4.69) is 4.74 Å². The number of halogens is 4. The molecule has 71 valence electrons. The van der Waals surface area contributed by atoms with Gasteiger partial charge in [-0.05, 0) is 12.1 Å². The summed E-state index contributed by atoms with van der Waals surface area (Å²) in [6, 6.07) is 2.66. The van der Waals surface area contributed by atoms with Crippen LogP contribution in [-0.2, 0) is 5.11 Å². The Morgan fingerprint density at radius 3 is 2.38 bits per heavy atom. The summed E-state index contributed by atoms with van der Waals surface area (Å²) in [6.45, 7) is 0. The van der Waals surface area contributed by atoms with Gasteiger partial charge in [-0.25, -0.2) is 0 Å². The van der Waals surface area contributed by atoms with Crippen LogP contribution in [0.4, 0.5) is 13.2 Å². The van der Waals surface area contributed by atoms with Crippen molar-refractivity contribution in [3.8, 4) is 11.5 Å². The third-order valence-electron chi connectivity index (χ3n) is 1.13. The summed E-state index contributed by atoms with van der Waals surface area (Å²) >= 11 is 5.31. The molecule has 0 aliphatic carbocycles. The topological polar surface area (TPSA) is 29.1 Å². The Hall–Kier alpha value is -1.10. The Labute approximate surface area is 76.5 Å². The molecule has 0 fully saturated rings.